The van der Waals surface area contributed by atoms with E-state index >= 15 is 0 Å². The van der Waals surface area contributed by atoms with Gasteiger partial charge in [-0.1, -0.05) is 62.2 Å². The standard InChI is InChI=1S/C17H19ClO/c1-17(2,3)14-9-6-7-12(14)11-16(19)13-8-4-5-10-15(13)18/h4-6,8-10H,7,11H2,1-3H3. The first-order chi connectivity index (χ1) is 8.89. The summed E-state index contributed by atoms with van der Waals surface area (Å²) in [5.74, 6) is 0.103. The molecule has 0 saturated heterocycles. The Hall–Kier alpha value is -1.34. The van der Waals surface area contributed by atoms with Gasteiger partial charge >= 0.3 is 0 Å². The van der Waals surface area contributed by atoms with E-state index in [1.807, 2.05) is 12.1 Å². The number of halogens is 1. The number of Topliss-reactive ketones (excluding diaryl/α,β-unsaturated/α-hetero) is 1. The molecule has 0 aromatic heterocycles. The molecule has 2 rings (SSSR count). The number of hydrogen-bond acceptors (Lipinski definition) is 1. The normalized spacial score (nSPS) is 15.2. The van der Waals surface area contributed by atoms with Gasteiger partial charge < -0.3 is 0 Å². The van der Waals surface area contributed by atoms with Crippen LogP contribution in [-0.2, 0) is 0 Å². The molecule has 1 aromatic carbocycles. The lowest BCUT2D eigenvalue weighted by Gasteiger charge is -2.21. The van der Waals surface area contributed by atoms with E-state index in [1.54, 1.807) is 12.1 Å². The SMILES string of the molecule is CC(C)(C)C1=C(CC(=O)c2ccccc2Cl)CC=C1. The maximum Gasteiger partial charge on any atom is 0.168 e. The van der Waals surface area contributed by atoms with Crippen LogP contribution in [0.1, 0.15) is 44.0 Å². The number of allylic oxidation sites excluding steroid dienone is 4. The maximum atomic E-state index is 12.3. The second kappa shape index (κ2) is 5.34. The summed E-state index contributed by atoms with van der Waals surface area (Å²) in [6, 6.07) is 7.26. The van der Waals surface area contributed by atoms with Crippen molar-refractivity contribution in [1.29, 1.82) is 0 Å². The second-order valence-corrected chi connectivity index (χ2v) is 6.36. The third kappa shape index (κ3) is 3.16. The number of benzene rings is 1. The van der Waals surface area contributed by atoms with Crippen LogP contribution in [0.5, 0.6) is 0 Å². The zero-order valence-electron chi connectivity index (χ0n) is 11.7. The molecule has 100 valence electrons. The lowest BCUT2D eigenvalue weighted by Crippen LogP contribution is -2.10. The molecule has 0 unspecified atom stereocenters. The monoisotopic (exact) mass is 274 g/mol. The fraction of sp³-hybridized carbons (Fsp3) is 0.353. The summed E-state index contributed by atoms with van der Waals surface area (Å²) in [5, 5.41) is 0.538. The van der Waals surface area contributed by atoms with Gasteiger partial charge in [0.2, 0.25) is 0 Å². The van der Waals surface area contributed by atoms with Gasteiger partial charge in [-0.25, -0.2) is 0 Å². The molecule has 0 atom stereocenters. The Morgan fingerprint density at radius 3 is 2.58 bits per heavy atom. The predicted molar refractivity (Wildman–Crippen MR) is 80.6 cm³/mol. The summed E-state index contributed by atoms with van der Waals surface area (Å²) in [7, 11) is 0. The lowest BCUT2D eigenvalue weighted by atomic mass is 9.83. The topological polar surface area (TPSA) is 17.1 Å². The predicted octanol–water partition coefficient (Wildman–Crippen LogP) is 5.22. The van der Waals surface area contributed by atoms with Crippen molar-refractivity contribution in [3.63, 3.8) is 0 Å². The molecule has 0 amide bonds. The van der Waals surface area contributed by atoms with E-state index < -0.39 is 0 Å². The summed E-state index contributed by atoms with van der Waals surface area (Å²) in [6.45, 7) is 6.54. The number of rotatable bonds is 3. The molecule has 1 aliphatic carbocycles. The van der Waals surface area contributed by atoms with Crippen molar-refractivity contribution in [2.24, 2.45) is 5.41 Å². The van der Waals surface area contributed by atoms with Crippen LogP contribution in [0, 0.1) is 5.41 Å². The summed E-state index contributed by atoms with van der Waals surface area (Å²) >= 11 is 6.08. The molecule has 1 nitrogen and oxygen atoms in total. The average Bonchev–Trinajstić information content (AvgIpc) is 2.77. The fourth-order valence-electron chi connectivity index (χ4n) is 2.47. The molecular weight excluding hydrogens is 256 g/mol. The molecule has 0 radical (unpaired) electrons. The average molecular weight is 275 g/mol. The van der Waals surface area contributed by atoms with Gasteiger partial charge in [0.05, 0.1) is 5.02 Å². The molecule has 2 heteroatoms. The lowest BCUT2D eigenvalue weighted by molar-refractivity contribution is 0.0992. The quantitative estimate of drug-likeness (QED) is 0.691. The minimum Gasteiger partial charge on any atom is -0.294 e. The van der Waals surface area contributed by atoms with Gasteiger partial charge in [-0.05, 0) is 29.5 Å². The van der Waals surface area contributed by atoms with Gasteiger partial charge in [0.15, 0.2) is 5.78 Å². The molecule has 1 aromatic rings. The van der Waals surface area contributed by atoms with E-state index in [0.717, 1.165) is 6.42 Å². The van der Waals surface area contributed by atoms with E-state index in [4.69, 9.17) is 11.6 Å². The maximum absolute atomic E-state index is 12.3. The van der Waals surface area contributed by atoms with Crippen LogP contribution in [-0.4, -0.2) is 5.78 Å². The van der Waals surface area contributed by atoms with Crippen molar-refractivity contribution >= 4 is 17.4 Å². The summed E-state index contributed by atoms with van der Waals surface area (Å²) < 4.78 is 0. The highest BCUT2D eigenvalue weighted by atomic mass is 35.5. The van der Waals surface area contributed by atoms with Crippen molar-refractivity contribution in [3.8, 4) is 0 Å². The third-order valence-electron chi connectivity index (χ3n) is 3.39. The van der Waals surface area contributed by atoms with Crippen LogP contribution in [0.25, 0.3) is 0 Å². The van der Waals surface area contributed by atoms with Crippen LogP contribution in [0.2, 0.25) is 5.02 Å². The highest BCUT2D eigenvalue weighted by Crippen LogP contribution is 2.36. The summed E-state index contributed by atoms with van der Waals surface area (Å²) in [5.41, 5.74) is 3.21. The van der Waals surface area contributed by atoms with Gasteiger partial charge in [-0.2, -0.15) is 0 Å². The van der Waals surface area contributed by atoms with E-state index in [2.05, 4.69) is 32.9 Å². The molecule has 0 spiro atoms. The Morgan fingerprint density at radius 1 is 1.26 bits per heavy atom. The summed E-state index contributed by atoms with van der Waals surface area (Å²) in [6.07, 6.45) is 5.62. The Morgan fingerprint density at radius 2 is 1.95 bits per heavy atom. The Balaban J connectivity index is 2.23. The van der Waals surface area contributed by atoms with Crippen LogP contribution in [0.15, 0.2) is 47.6 Å². The molecule has 0 heterocycles. The molecule has 0 aliphatic heterocycles. The number of carbonyl (C=O) groups is 1. The van der Waals surface area contributed by atoms with Crippen LogP contribution in [0.4, 0.5) is 0 Å². The third-order valence-corrected chi connectivity index (χ3v) is 3.72. The Bertz CT molecular complexity index is 559. The fourth-order valence-corrected chi connectivity index (χ4v) is 2.71. The first-order valence-electron chi connectivity index (χ1n) is 6.56. The van der Waals surface area contributed by atoms with Crippen molar-refractivity contribution in [2.75, 3.05) is 0 Å². The van der Waals surface area contributed by atoms with Gasteiger partial charge in [0, 0.05) is 12.0 Å². The second-order valence-electron chi connectivity index (χ2n) is 5.95. The number of ketones is 1. The molecule has 0 bridgehead atoms. The van der Waals surface area contributed by atoms with Crippen molar-refractivity contribution in [1.82, 2.24) is 0 Å². The van der Waals surface area contributed by atoms with Crippen LogP contribution < -0.4 is 0 Å². The minimum atomic E-state index is 0.0864. The van der Waals surface area contributed by atoms with Crippen LogP contribution >= 0.6 is 11.6 Å². The number of hydrogen-bond donors (Lipinski definition) is 0. The molecule has 0 saturated carbocycles. The van der Waals surface area contributed by atoms with Crippen molar-refractivity contribution < 1.29 is 4.79 Å². The highest BCUT2D eigenvalue weighted by molar-refractivity contribution is 6.34. The molecule has 1 aliphatic rings. The Labute approximate surface area is 120 Å². The smallest absolute Gasteiger partial charge is 0.168 e. The van der Waals surface area contributed by atoms with Crippen LogP contribution in [0.3, 0.4) is 0 Å². The largest absolute Gasteiger partial charge is 0.294 e. The van der Waals surface area contributed by atoms with Crippen molar-refractivity contribution in [3.05, 3.63) is 58.1 Å². The van der Waals surface area contributed by atoms with Gasteiger partial charge in [0.1, 0.15) is 0 Å². The zero-order valence-corrected chi connectivity index (χ0v) is 12.4. The van der Waals surface area contributed by atoms with E-state index in [-0.39, 0.29) is 11.2 Å². The zero-order chi connectivity index (χ0) is 14.0. The van der Waals surface area contributed by atoms with Gasteiger partial charge in [-0.15, -0.1) is 0 Å². The van der Waals surface area contributed by atoms with Gasteiger partial charge in [-0.3, -0.25) is 4.79 Å². The Kier molecular flexibility index (Phi) is 3.96. The molecule has 0 fully saturated rings. The van der Waals surface area contributed by atoms with Crippen molar-refractivity contribution in [2.45, 2.75) is 33.6 Å². The molecule has 0 N–H and O–H groups in total. The van der Waals surface area contributed by atoms with E-state index in [1.165, 1.54) is 11.1 Å². The molecule has 19 heavy (non-hydrogen) atoms. The van der Waals surface area contributed by atoms with E-state index in [0.29, 0.717) is 17.0 Å². The molecular formula is C17H19ClO. The first-order valence-corrected chi connectivity index (χ1v) is 6.94. The summed E-state index contributed by atoms with van der Waals surface area (Å²) in [4.78, 5) is 12.3. The minimum absolute atomic E-state index is 0.0864. The van der Waals surface area contributed by atoms with E-state index in [9.17, 15) is 4.79 Å². The van der Waals surface area contributed by atoms with Gasteiger partial charge in [0.25, 0.3) is 0 Å². The highest BCUT2D eigenvalue weighted by Gasteiger charge is 2.23. The first kappa shape index (κ1) is 14.1. The number of carbonyl (C=O) groups excluding carboxylic acids is 1.